The van der Waals surface area contributed by atoms with E-state index in [0.717, 1.165) is 180 Å². The molecule has 2 unspecified atom stereocenters. The van der Waals surface area contributed by atoms with Crippen LogP contribution in [0.3, 0.4) is 0 Å². The summed E-state index contributed by atoms with van der Waals surface area (Å²) < 4.78 is 38.4. The summed E-state index contributed by atoms with van der Waals surface area (Å²) in [4.78, 5) is 24.1. The molecule has 0 saturated carbocycles. The van der Waals surface area contributed by atoms with Gasteiger partial charge in [-0.3, -0.25) is 9.09 Å². The number of phosphoric acid groups is 1. The van der Waals surface area contributed by atoms with Gasteiger partial charge >= 0.3 is 0 Å². The van der Waals surface area contributed by atoms with Crippen LogP contribution in [0.25, 0.3) is 0 Å². The number of carbonyl (C=O) groups excluding carboxylic acids is 1. The Kier molecular flexibility index (Phi) is 52.8. The molecule has 0 aliphatic carbocycles. The first-order valence-corrected chi connectivity index (χ1v) is 42.3. The van der Waals surface area contributed by atoms with Crippen LogP contribution in [0.1, 0.15) is 317 Å². The lowest BCUT2D eigenvalue weighted by Crippen LogP contribution is -2.66. The lowest BCUT2D eigenvalue weighted by atomic mass is 9.97. The summed E-state index contributed by atoms with van der Waals surface area (Å²) in [6.07, 6.45) is 49.5. The molecule has 6 N–H and O–H groups in total. The summed E-state index contributed by atoms with van der Waals surface area (Å²) in [6, 6.07) is 0. The second-order valence-corrected chi connectivity index (χ2v) is 33.3. The van der Waals surface area contributed by atoms with Crippen molar-refractivity contribution in [2.75, 3.05) is 13.2 Å². The number of aliphatic carboxylic acids is 1. The van der Waals surface area contributed by atoms with Crippen molar-refractivity contribution in [2.24, 2.45) is 5.92 Å². The van der Waals surface area contributed by atoms with Gasteiger partial charge in [-0.2, -0.15) is 0 Å². The smallest absolute Gasteiger partial charge is 0.270 e. The molecule has 2 fully saturated rings. The molecular formula is C92H149O15P-2. The molecule has 614 valence electrons. The maximum Gasteiger partial charge on any atom is 0.270 e. The van der Waals surface area contributed by atoms with Gasteiger partial charge in [0.25, 0.3) is 7.82 Å². The Morgan fingerprint density at radius 1 is 0.370 bits per heavy atom. The summed E-state index contributed by atoms with van der Waals surface area (Å²) in [5, 5.41) is 73.1. The van der Waals surface area contributed by atoms with E-state index in [-0.39, 0.29) is 12.5 Å². The molecule has 2 aliphatic heterocycles. The Labute approximate surface area is 655 Å². The molecule has 16 heteroatoms. The molecule has 2 aliphatic rings. The van der Waals surface area contributed by atoms with E-state index in [2.05, 4.69) is 202 Å². The number of hydrogen-bond donors (Lipinski definition) is 6. The van der Waals surface area contributed by atoms with Crippen LogP contribution in [-0.4, -0.2) is 111 Å². The fourth-order valence-electron chi connectivity index (χ4n) is 13.0. The van der Waals surface area contributed by atoms with Gasteiger partial charge in [0.15, 0.2) is 12.6 Å². The minimum Gasteiger partial charge on any atom is -0.756 e. The molecular weight excluding hydrogens is 1380 g/mol. The van der Waals surface area contributed by atoms with E-state index in [1.807, 2.05) is 6.92 Å². The van der Waals surface area contributed by atoms with Gasteiger partial charge in [0.2, 0.25) is 0 Å². The first-order chi connectivity index (χ1) is 51.2. The molecule has 0 spiro atoms. The van der Waals surface area contributed by atoms with Crippen molar-refractivity contribution >= 4 is 13.8 Å². The van der Waals surface area contributed by atoms with Crippen LogP contribution in [-0.2, 0) is 32.6 Å². The number of hydrogen-bond acceptors (Lipinski definition) is 15. The van der Waals surface area contributed by atoms with Gasteiger partial charge in [-0.1, -0.05) is 182 Å². The van der Waals surface area contributed by atoms with E-state index in [1.54, 1.807) is 0 Å². The Morgan fingerprint density at radius 3 is 0.889 bits per heavy atom. The highest BCUT2D eigenvalue weighted by Gasteiger charge is 2.51. The number of phosphoric ester groups is 1. The van der Waals surface area contributed by atoms with Crippen LogP contribution in [0.4, 0.5) is 0 Å². The number of carboxylic acid groups (broad SMARTS) is 1. The van der Waals surface area contributed by atoms with E-state index < -0.39 is 81.8 Å². The lowest BCUT2D eigenvalue weighted by molar-refractivity contribution is -0.370. The van der Waals surface area contributed by atoms with Crippen LogP contribution >= 0.6 is 7.82 Å². The topological polar surface area (TPSA) is 248 Å². The van der Waals surface area contributed by atoms with Crippen LogP contribution in [0.2, 0.25) is 0 Å². The Bertz CT molecular complexity index is 3150. The zero-order valence-electron chi connectivity index (χ0n) is 70.2. The highest BCUT2D eigenvalue weighted by atomic mass is 31.2. The van der Waals surface area contributed by atoms with Crippen molar-refractivity contribution in [3.05, 3.63) is 175 Å². The standard InChI is InChI=1S/C92H151O15P/c1-66(2)33-18-34-67(3)35-19-36-68(4)37-20-38-69(5)39-21-40-70(6)41-22-42-71(7)43-23-44-72(8)45-24-46-73(9)47-25-48-74(10)49-26-50-75(11)51-27-52-76(12)53-28-54-77(13)55-29-56-78(14)57-30-58-79(15)59-31-60-80(16)61-32-62-81(17)63-64-103-108(101,102)107-92-87(98)85(96)88(82(65-93)104-92)105-91-86(97)83(94)84(95)89(106-91)90(99)100/h33,35,37,39,41,43,45,47,49,51,53,55,57,59,61,81-89,91-98H,18-32,34,36,38,40,42,44,46,48,50,52,54,56,58,60,62-65H2,1-17H3,(H,99,100)(H,101,102)/p-2/b67-35+,68-37+,69-39-,70-41-,71-43-,72-45-,73-47-,74-49-,75-51-,76-53-,77-55-,78-57-,79-59-,80-61-/t81?,82-,83+,84+,85-,86-,87-,88-,89+,91-,92+/m1/s1. The quantitative estimate of drug-likeness (QED) is 0.0245. The van der Waals surface area contributed by atoms with Crippen molar-refractivity contribution in [2.45, 2.75) is 378 Å². The van der Waals surface area contributed by atoms with Crippen molar-refractivity contribution in [3.63, 3.8) is 0 Å². The molecule has 0 aromatic carbocycles. The van der Waals surface area contributed by atoms with Crippen molar-refractivity contribution in [1.29, 1.82) is 0 Å². The van der Waals surface area contributed by atoms with Gasteiger partial charge in [0.1, 0.15) is 48.8 Å². The molecule has 0 amide bonds. The number of allylic oxidation sites excluding steroid dienone is 30. The number of carboxylic acids is 1. The third kappa shape index (κ3) is 47.0. The van der Waals surface area contributed by atoms with Crippen molar-refractivity contribution in [3.8, 4) is 0 Å². The highest BCUT2D eigenvalue weighted by molar-refractivity contribution is 7.45. The molecule has 0 aromatic heterocycles. The molecule has 12 atom stereocenters. The van der Waals surface area contributed by atoms with Crippen molar-refractivity contribution in [1.82, 2.24) is 0 Å². The highest BCUT2D eigenvalue weighted by Crippen LogP contribution is 2.43. The van der Waals surface area contributed by atoms with E-state index >= 15 is 0 Å². The minimum atomic E-state index is -5.12. The second kappa shape index (κ2) is 57.4. The molecule has 2 rings (SSSR count). The number of aliphatic hydroxyl groups is 6. The molecule has 0 radical (unpaired) electrons. The summed E-state index contributed by atoms with van der Waals surface area (Å²) in [5.74, 6) is -1.84. The minimum absolute atomic E-state index is 0.0971. The Morgan fingerprint density at radius 2 is 0.630 bits per heavy atom. The van der Waals surface area contributed by atoms with E-state index in [1.165, 1.54) is 96.4 Å². The number of rotatable bonds is 55. The zero-order valence-corrected chi connectivity index (χ0v) is 71.0. The molecule has 0 aromatic rings. The van der Waals surface area contributed by atoms with Gasteiger partial charge in [-0.25, -0.2) is 0 Å². The summed E-state index contributed by atoms with van der Waals surface area (Å²) in [6.45, 7) is 36.9. The fourth-order valence-corrected chi connectivity index (χ4v) is 13.8. The van der Waals surface area contributed by atoms with Crippen LogP contribution in [0.5, 0.6) is 0 Å². The van der Waals surface area contributed by atoms with E-state index in [9.17, 15) is 50.0 Å². The predicted molar refractivity (Wildman–Crippen MR) is 443 cm³/mol. The van der Waals surface area contributed by atoms with Gasteiger partial charge < -0.3 is 64.2 Å². The summed E-state index contributed by atoms with van der Waals surface area (Å²) in [7, 11) is -5.12. The van der Waals surface area contributed by atoms with Crippen LogP contribution in [0.15, 0.2) is 175 Å². The molecule has 15 nitrogen and oxygen atoms in total. The monoisotopic (exact) mass is 1530 g/mol. The van der Waals surface area contributed by atoms with Gasteiger partial charge in [0, 0.05) is 0 Å². The third-order valence-corrected chi connectivity index (χ3v) is 21.6. The SMILES string of the molecule is CC(C)=CCC/C(C)=C/CC/C(C)=C/CC/C(C)=C\CC/C(C)=C\CC/C(C)=C\CC/C(C)=C\CC/C(C)=C\CC/C(C)=C\CC/C(C)=C\CC/C(C)=C\CC/C(C)=C\CC/C(C)=C\CC/C(C)=C\CC/C(C)=C\CCC(C)CCOP(=O)([O-])O[C@@H]1O[C@H](CO)[C@@H](O[C@@H]2O[C@H](C(=O)[O-])[C@@H](O)[C@H](O)[C@H]2O)[C@H](O)[C@H]1O. The van der Waals surface area contributed by atoms with Gasteiger partial charge in [0.05, 0.1) is 19.2 Å². The van der Waals surface area contributed by atoms with E-state index in [4.69, 9.17) is 23.3 Å². The largest absolute Gasteiger partial charge is 0.756 e. The van der Waals surface area contributed by atoms with Gasteiger partial charge in [-0.05, 0) is 316 Å². The maximum atomic E-state index is 12.7. The Hall–Kier alpha value is -4.68. The first-order valence-electron chi connectivity index (χ1n) is 40.8. The second-order valence-electron chi connectivity index (χ2n) is 31.9. The fraction of sp³-hybridized carbons (Fsp3) is 0.663. The normalized spacial score (nSPS) is 23.7. The maximum absolute atomic E-state index is 12.7. The molecule has 2 saturated heterocycles. The number of ether oxygens (including phenoxy) is 3. The summed E-state index contributed by atoms with van der Waals surface area (Å²) in [5.41, 5.74) is 22.0. The molecule has 108 heavy (non-hydrogen) atoms. The predicted octanol–water partition coefficient (Wildman–Crippen LogP) is 20.8. The third-order valence-electron chi connectivity index (χ3n) is 20.7. The van der Waals surface area contributed by atoms with Crippen LogP contribution in [0, 0.1) is 5.92 Å². The average Bonchev–Trinajstić information content (AvgIpc) is 0.782. The van der Waals surface area contributed by atoms with Crippen LogP contribution < -0.4 is 10.00 Å². The van der Waals surface area contributed by atoms with Crippen molar-refractivity contribution < 1.29 is 73.3 Å². The lowest BCUT2D eigenvalue weighted by Gasteiger charge is -2.46. The average molecular weight is 1530 g/mol. The number of aliphatic hydroxyl groups excluding tert-OH is 6. The summed E-state index contributed by atoms with van der Waals surface area (Å²) >= 11 is 0. The van der Waals surface area contributed by atoms with Gasteiger partial charge in [-0.15, -0.1) is 0 Å². The Balaban J connectivity index is 1.56. The zero-order chi connectivity index (χ0) is 80.6. The first kappa shape index (κ1) is 99.4. The van der Waals surface area contributed by atoms with E-state index in [0.29, 0.717) is 6.42 Å². The molecule has 0 bridgehead atoms. The molecule has 2 heterocycles. The number of carbonyl (C=O) groups is 1.